The number of nitrogens with zero attached hydrogens (tertiary/aromatic N) is 2. The fourth-order valence-corrected chi connectivity index (χ4v) is 5.09. The molecule has 0 fully saturated rings. The number of hydrogen-bond acceptors (Lipinski definition) is 4. The summed E-state index contributed by atoms with van der Waals surface area (Å²) < 4.78 is 32.7. The highest BCUT2D eigenvalue weighted by atomic mass is 32.1. The van der Waals surface area contributed by atoms with Gasteiger partial charge in [0.1, 0.15) is 30.5 Å². The van der Waals surface area contributed by atoms with Gasteiger partial charge in [-0.1, -0.05) is 13.0 Å². The molecule has 2 heterocycles. The Labute approximate surface area is 201 Å². The van der Waals surface area contributed by atoms with Gasteiger partial charge in [-0.15, -0.1) is 11.3 Å². The molecule has 0 spiro atoms. The molecule has 3 aromatic rings. The minimum Gasteiger partial charge on any atom is -0.491 e. The van der Waals surface area contributed by atoms with E-state index < -0.39 is 5.82 Å². The molecule has 0 bridgehead atoms. The highest BCUT2D eigenvalue weighted by Gasteiger charge is 2.33. The second-order valence-electron chi connectivity index (χ2n) is 8.15. The number of hydrogen-bond donors (Lipinski definition) is 0. The van der Waals surface area contributed by atoms with Crippen molar-refractivity contribution in [3.8, 4) is 5.75 Å². The van der Waals surface area contributed by atoms with Gasteiger partial charge < -0.3 is 14.5 Å². The Morgan fingerprint density at radius 2 is 1.91 bits per heavy atom. The summed E-state index contributed by atoms with van der Waals surface area (Å²) in [6.45, 7) is 2.94. The van der Waals surface area contributed by atoms with Crippen molar-refractivity contribution >= 4 is 23.2 Å². The predicted octanol–water partition coefficient (Wildman–Crippen LogP) is 5.08. The third kappa shape index (κ3) is 5.44. The summed E-state index contributed by atoms with van der Waals surface area (Å²) in [5.41, 5.74) is 1.36. The van der Waals surface area contributed by atoms with Crippen LogP contribution >= 0.6 is 11.3 Å². The molecule has 0 saturated carbocycles. The van der Waals surface area contributed by atoms with E-state index in [9.17, 15) is 18.4 Å². The van der Waals surface area contributed by atoms with Crippen LogP contribution in [0.2, 0.25) is 0 Å². The van der Waals surface area contributed by atoms with Crippen LogP contribution in [-0.2, 0) is 11.2 Å². The van der Waals surface area contributed by atoms with Gasteiger partial charge in [-0.25, -0.2) is 8.78 Å². The molecule has 4 rings (SSSR count). The van der Waals surface area contributed by atoms with Crippen LogP contribution in [0.25, 0.3) is 0 Å². The second-order valence-corrected chi connectivity index (χ2v) is 9.15. The molecule has 1 aromatic heterocycles. The molecule has 8 heteroatoms. The average Bonchev–Trinajstić information content (AvgIpc) is 3.31. The minimum atomic E-state index is -0.421. The molecule has 2 amide bonds. The number of benzene rings is 2. The van der Waals surface area contributed by atoms with Gasteiger partial charge in [0, 0.05) is 29.6 Å². The molecule has 34 heavy (non-hydrogen) atoms. The van der Waals surface area contributed by atoms with Gasteiger partial charge in [0.15, 0.2) is 0 Å². The Morgan fingerprint density at radius 3 is 2.65 bits per heavy atom. The van der Waals surface area contributed by atoms with Gasteiger partial charge in [0.05, 0.1) is 6.04 Å². The zero-order chi connectivity index (χ0) is 24.1. The fraction of sp³-hybridized carbons (Fsp3) is 0.308. The highest BCUT2D eigenvalue weighted by Crippen LogP contribution is 2.34. The number of carbonyl (C=O) groups excluding carboxylic acids is 2. The van der Waals surface area contributed by atoms with Crippen LogP contribution in [0.15, 0.2) is 60.0 Å². The van der Waals surface area contributed by atoms with Gasteiger partial charge in [0.25, 0.3) is 5.91 Å². The SMILES string of the molecule is CCCN(CC(=O)N1CCc2sccc2[C@@H]1COc1cccc(F)c1)C(=O)c1ccc(F)cc1. The van der Waals surface area contributed by atoms with Crippen LogP contribution in [0.5, 0.6) is 5.75 Å². The minimum absolute atomic E-state index is 0.0833. The summed E-state index contributed by atoms with van der Waals surface area (Å²) >= 11 is 1.64. The van der Waals surface area contributed by atoms with E-state index in [4.69, 9.17) is 4.74 Å². The first-order valence-corrected chi connectivity index (χ1v) is 12.1. The molecule has 0 radical (unpaired) electrons. The van der Waals surface area contributed by atoms with Crippen LogP contribution < -0.4 is 4.74 Å². The van der Waals surface area contributed by atoms with E-state index in [0.717, 1.165) is 12.0 Å². The lowest BCUT2D eigenvalue weighted by atomic mass is 10.0. The van der Waals surface area contributed by atoms with Crippen molar-refractivity contribution in [1.29, 1.82) is 0 Å². The van der Waals surface area contributed by atoms with E-state index in [2.05, 4.69) is 0 Å². The van der Waals surface area contributed by atoms with E-state index in [-0.39, 0.29) is 36.8 Å². The summed E-state index contributed by atoms with van der Waals surface area (Å²) in [5.74, 6) is -0.908. The topological polar surface area (TPSA) is 49.9 Å². The van der Waals surface area contributed by atoms with Gasteiger partial charge in [-0.2, -0.15) is 0 Å². The first kappa shape index (κ1) is 23.9. The van der Waals surface area contributed by atoms with Crippen molar-refractivity contribution < 1.29 is 23.1 Å². The van der Waals surface area contributed by atoms with Crippen LogP contribution in [-0.4, -0.2) is 47.9 Å². The standard InChI is InChI=1S/C26H26F2N2O3S/c1-2-12-29(26(32)18-6-8-19(27)9-7-18)16-25(31)30-13-10-24-22(11-14-34-24)23(30)17-33-21-5-3-4-20(28)15-21/h3-9,11,14-15,23H,2,10,12-13,16-17H2,1H3/t23-/m0/s1. The quantitative estimate of drug-likeness (QED) is 0.448. The number of fused-ring (bicyclic) bond motifs is 1. The molecule has 0 unspecified atom stereocenters. The number of rotatable bonds is 8. The lowest BCUT2D eigenvalue weighted by Crippen LogP contribution is -2.48. The molecule has 5 nitrogen and oxygen atoms in total. The van der Waals surface area contributed by atoms with Gasteiger partial charge in [0.2, 0.25) is 5.91 Å². The first-order chi connectivity index (χ1) is 16.5. The van der Waals surface area contributed by atoms with E-state index >= 15 is 0 Å². The van der Waals surface area contributed by atoms with Crippen LogP contribution in [0, 0.1) is 11.6 Å². The summed E-state index contributed by atoms with van der Waals surface area (Å²) in [7, 11) is 0. The second kappa shape index (κ2) is 10.8. The zero-order valence-corrected chi connectivity index (χ0v) is 19.7. The van der Waals surface area contributed by atoms with E-state index in [1.807, 2.05) is 18.4 Å². The lowest BCUT2D eigenvalue weighted by molar-refractivity contribution is -0.135. The van der Waals surface area contributed by atoms with Crippen LogP contribution in [0.3, 0.4) is 0 Å². The molecule has 0 N–H and O–H groups in total. The monoisotopic (exact) mass is 484 g/mol. The van der Waals surface area contributed by atoms with Gasteiger partial charge in [-0.05, 0) is 66.2 Å². The summed E-state index contributed by atoms with van der Waals surface area (Å²) in [6.07, 6.45) is 1.41. The third-order valence-electron chi connectivity index (χ3n) is 5.82. The van der Waals surface area contributed by atoms with Crippen molar-refractivity contribution in [2.75, 3.05) is 26.2 Å². The number of ether oxygens (including phenoxy) is 1. The Kier molecular flexibility index (Phi) is 7.57. The highest BCUT2D eigenvalue weighted by molar-refractivity contribution is 7.10. The largest absolute Gasteiger partial charge is 0.491 e. The number of carbonyl (C=O) groups is 2. The molecule has 178 valence electrons. The van der Waals surface area contributed by atoms with E-state index in [1.54, 1.807) is 28.4 Å². The Balaban J connectivity index is 1.51. The van der Waals surface area contributed by atoms with Crippen LogP contribution in [0.1, 0.15) is 40.2 Å². The first-order valence-electron chi connectivity index (χ1n) is 11.2. The molecule has 1 aliphatic rings. The van der Waals surface area contributed by atoms with Crippen molar-refractivity contribution in [2.24, 2.45) is 0 Å². The van der Waals surface area contributed by atoms with Crippen molar-refractivity contribution in [3.05, 3.63) is 87.6 Å². The zero-order valence-electron chi connectivity index (χ0n) is 18.9. The summed E-state index contributed by atoms with van der Waals surface area (Å²) in [4.78, 5) is 30.9. The Bertz CT molecular complexity index is 1150. The summed E-state index contributed by atoms with van der Waals surface area (Å²) in [6, 6.07) is 12.9. The molecule has 0 saturated heterocycles. The molecular weight excluding hydrogens is 458 g/mol. The number of halogens is 2. The van der Waals surface area contributed by atoms with Crippen LogP contribution in [0.4, 0.5) is 8.78 Å². The maximum absolute atomic E-state index is 13.6. The Hall–Kier alpha value is -3.26. The van der Waals surface area contributed by atoms with E-state index in [1.165, 1.54) is 46.2 Å². The molecule has 1 atom stereocenters. The maximum Gasteiger partial charge on any atom is 0.254 e. The predicted molar refractivity (Wildman–Crippen MR) is 127 cm³/mol. The van der Waals surface area contributed by atoms with Gasteiger partial charge >= 0.3 is 0 Å². The lowest BCUT2D eigenvalue weighted by Gasteiger charge is -2.37. The smallest absolute Gasteiger partial charge is 0.254 e. The van der Waals surface area contributed by atoms with Crippen molar-refractivity contribution in [3.63, 3.8) is 0 Å². The Morgan fingerprint density at radius 1 is 1.12 bits per heavy atom. The molecule has 2 aromatic carbocycles. The van der Waals surface area contributed by atoms with Crippen molar-refractivity contribution in [1.82, 2.24) is 9.80 Å². The number of thiophene rings is 1. The third-order valence-corrected chi connectivity index (χ3v) is 6.81. The van der Waals surface area contributed by atoms with Gasteiger partial charge in [-0.3, -0.25) is 9.59 Å². The molecular formula is C26H26F2N2O3S. The normalized spacial score (nSPS) is 15.0. The fourth-order valence-electron chi connectivity index (χ4n) is 4.16. The maximum atomic E-state index is 13.6. The molecule has 0 aliphatic carbocycles. The van der Waals surface area contributed by atoms with E-state index in [0.29, 0.717) is 30.8 Å². The number of amides is 2. The van der Waals surface area contributed by atoms with Crippen molar-refractivity contribution in [2.45, 2.75) is 25.8 Å². The molecule has 1 aliphatic heterocycles. The summed E-state index contributed by atoms with van der Waals surface area (Å²) in [5, 5.41) is 2.00. The average molecular weight is 485 g/mol.